The molecule has 1 N–H and O–H groups in total. The molecule has 3 aromatic rings. The molecule has 0 atom stereocenters. The van der Waals surface area contributed by atoms with Gasteiger partial charge in [0.1, 0.15) is 0 Å². The van der Waals surface area contributed by atoms with Crippen LogP contribution in [0.15, 0.2) is 48.5 Å². The van der Waals surface area contributed by atoms with Crippen molar-refractivity contribution in [3.63, 3.8) is 0 Å². The molecule has 0 amide bonds. The molecule has 1 aromatic heterocycles. The van der Waals surface area contributed by atoms with Crippen LogP contribution < -0.4 is 0 Å². The van der Waals surface area contributed by atoms with Crippen LogP contribution in [0.4, 0.5) is 0 Å². The van der Waals surface area contributed by atoms with Gasteiger partial charge in [-0.05, 0) is 42.7 Å². The van der Waals surface area contributed by atoms with E-state index in [2.05, 4.69) is 48.3 Å². The van der Waals surface area contributed by atoms with Crippen molar-refractivity contribution < 1.29 is 0 Å². The fraction of sp³-hybridized carbons (Fsp3) is 0.200. The fourth-order valence-electron chi connectivity index (χ4n) is 2.75. The lowest BCUT2D eigenvalue weighted by molar-refractivity contribution is 0.986. The Morgan fingerprint density at radius 2 is 1.86 bits per heavy atom. The van der Waals surface area contributed by atoms with Gasteiger partial charge in [-0.1, -0.05) is 49.7 Å². The first-order chi connectivity index (χ1) is 10.7. The van der Waals surface area contributed by atoms with E-state index in [4.69, 9.17) is 5.41 Å². The van der Waals surface area contributed by atoms with Crippen LogP contribution in [0.5, 0.6) is 0 Å². The number of pyridine rings is 1. The van der Waals surface area contributed by atoms with Crippen LogP contribution in [0.25, 0.3) is 22.0 Å². The molecule has 109 valence electrons. The number of fused-ring (bicyclic) bond motifs is 1. The van der Waals surface area contributed by atoms with E-state index in [9.17, 15) is 0 Å². The minimum Gasteiger partial charge on any atom is -0.305 e. The van der Waals surface area contributed by atoms with E-state index >= 15 is 0 Å². The summed E-state index contributed by atoms with van der Waals surface area (Å²) in [6, 6.07) is 19.3. The molecule has 0 unspecified atom stereocenters. The van der Waals surface area contributed by atoms with Crippen molar-refractivity contribution in [1.82, 2.24) is 4.98 Å². The third-order valence-corrected chi connectivity index (χ3v) is 3.81. The Hall–Kier alpha value is -2.48. The zero-order valence-corrected chi connectivity index (χ0v) is 13.0. The van der Waals surface area contributed by atoms with Gasteiger partial charge < -0.3 is 5.41 Å². The van der Waals surface area contributed by atoms with Gasteiger partial charge in [-0.15, -0.1) is 0 Å². The summed E-state index contributed by atoms with van der Waals surface area (Å²) >= 11 is 0. The lowest BCUT2D eigenvalue weighted by atomic mass is 9.97. The molecule has 3 rings (SSSR count). The maximum absolute atomic E-state index is 8.29. The molecule has 2 aromatic carbocycles. The molecule has 2 nitrogen and oxygen atoms in total. The number of hydrogen-bond donors (Lipinski definition) is 1. The molecule has 0 saturated heterocycles. The minimum atomic E-state index is 0.695. The lowest BCUT2D eigenvalue weighted by Gasteiger charge is -2.10. The minimum absolute atomic E-state index is 0.695. The van der Waals surface area contributed by atoms with E-state index in [1.165, 1.54) is 0 Å². The molecular weight excluding hydrogens is 268 g/mol. The van der Waals surface area contributed by atoms with Gasteiger partial charge in [0.15, 0.2) is 0 Å². The topological polar surface area (TPSA) is 36.7 Å². The molecule has 0 aliphatic rings. The first kappa shape index (κ1) is 14.5. The summed E-state index contributed by atoms with van der Waals surface area (Å²) in [5, 5.41) is 9.36. The van der Waals surface area contributed by atoms with Crippen molar-refractivity contribution in [3.8, 4) is 11.1 Å². The Morgan fingerprint density at radius 1 is 1.09 bits per heavy atom. The highest BCUT2D eigenvalue weighted by atomic mass is 14.7. The molecule has 1 radical (unpaired) electrons. The highest BCUT2D eigenvalue weighted by Gasteiger charge is 2.09. The van der Waals surface area contributed by atoms with Gasteiger partial charge in [0.05, 0.1) is 5.52 Å². The fourth-order valence-corrected chi connectivity index (χ4v) is 2.75. The van der Waals surface area contributed by atoms with Gasteiger partial charge in [-0.2, -0.15) is 0 Å². The number of rotatable bonds is 4. The second-order valence-corrected chi connectivity index (χ2v) is 5.56. The van der Waals surface area contributed by atoms with Gasteiger partial charge in [0.2, 0.25) is 0 Å². The van der Waals surface area contributed by atoms with Crippen molar-refractivity contribution in [2.24, 2.45) is 0 Å². The number of aryl methyl sites for hydroxylation is 1. The van der Waals surface area contributed by atoms with Crippen molar-refractivity contribution in [3.05, 3.63) is 65.9 Å². The van der Waals surface area contributed by atoms with E-state index in [-0.39, 0.29) is 0 Å². The van der Waals surface area contributed by atoms with Crippen LogP contribution in [-0.4, -0.2) is 10.7 Å². The van der Waals surface area contributed by atoms with E-state index in [1.807, 2.05) is 25.1 Å². The van der Waals surface area contributed by atoms with Crippen LogP contribution in [-0.2, 0) is 0 Å². The zero-order valence-electron chi connectivity index (χ0n) is 13.0. The smallest absolute Gasteiger partial charge is 0.0718 e. The summed E-state index contributed by atoms with van der Waals surface area (Å²) in [6.07, 6.45) is 1.79. The molecule has 0 saturated carbocycles. The van der Waals surface area contributed by atoms with Crippen LogP contribution >= 0.6 is 0 Å². The van der Waals surface area contributed by atoms with Gasteiger partial charge in [-0.3, -0.25) is 4.98 Å². The number of nitrogens with one attached hydrogen (secondary N) is 1. The van der Waals surface area contributed by atoms with E-state index in [0.29, 0.717) is 5.71 Å². The Kier molecular flexibility index (Phi) is 4.01. The van der Waals surface area contributed by atoms with Crippen molar-refractivity contribution >= 4 is 16.6 Å². The van der Waals surface area contributed by atoms with Gasteiger partial charge in [-0.25, -0.2) is 0 Å². The van der Waals surface area contributed by atoms with Crippen LogP contribution in [0, 0.1) is 18.4 Å². The van der Waals surface area contributed by atoms with Gasteiger partial charge in [0, 0.05) is 22.4 Å². The number of benzene rings is 2. The third kappa shape index (κ3) is 2.77. The Morgan fingerprint density at radius 3 is 2.59 bits per heavy atom. The zero-order chi connectivity index (χ0) is 15.5. The van der Waals surface area contributed by atoms with Crippen molar-refractivity contribution in [2.75, 3.05) is 0 Å². The standard InChI is InChI=1S/C20H19N2/c1-3-7-19(21)18-12-14(2)22-20-13-16(10-11-17(18)20)15-8-5-4-6-9-15/h5-6,8-13,21H,3,7H2,1-2H3. The summed E-state index contributed by atoms with van der Waals surface area (Å²) in [7, 11) is 0. The number of hydrogen-bond acceptors (Lipinski definition) is 2. The third-order valence-electron chi connectivity index (χ3n) is 3.81. The summed E-state index contributed by atoms with van der Waals surface area (Å²) in [5.41, 5.74) is 5.93. The predicted molar refractivity (Wildman–Crippen MR) is 92.5 cm³/mol. The highest BCUT2D eigenvalue weighted by Crippen LogP contribution is 2.26. The number of aromatic nitrogens is 1. The molecular formula is C20H19N2. The average molecular weight is 287 g/mol. The molecule has 0 bridgehead atoms. The summed E-state index contributed by atoms with van der Waals surface area (Å²) < 4.78 is 0. The maximum atomic E-state index is 8.29. The molecule has 22 heavy (non-hydrogen) atoms. The number of nitrogens with zero attached hydrogens (tertiary/aromatic N) is 1. The summed E-state index contributed by atoms with van der Waals surface area (Å²) in [5.74, 6) is 0. The summed E-state index contributed by atoms with van der Waals surface area (Å²) in [6.45, 7) is 4.10. The van der Waals surface area contributed by atoms with Crippen LogP contribution in [0.3, 0.4) is 0 Å². The summed E-state index contributed by atoms with van der Waals surface area (Å²) in [4.78, 5) is 4.66. The highest BCUT2D eigenvalue weighted by molar-refractivity contribution is 6.09. The Bertz CT molecular complexity index is 820. The van der Waals surface area contributed by atoms with Crippen LogP contribution in [0.1, 0.15) is 31.0 Å². The molecule has 1 heterocycles. The second-order valence-electron chi connectivity index (χ2n) is 5.56. The molecule has 0 aliphatic heterocycles. The molecule has 0 aliphatic carbocycles. The molecule has 0 fully saturated rings. The molecule has 0 spiro atoms. The maximum Gasteiger partial charge on any atom is 0.0718 e. The molecule has 2 heteroatoms. The normalized spacial score (nSPS) is 10.8. The largest absolute Gasteiger partial charge is 0.305 e. The quantitative estimate of drug-likeness (QED) is 0.660. The van der Waals surface area contributed by atoms with E-state index in [0.717, 1.165) is 46.1 Å². The second kappa shape index (κ2) is 6.10. The van der Waals surface area contributed by atoms with Gasteiger partial charge in [0.25, 0.3) is 0 Å². The lowest BCUT2D eigenvalue weighted by Crippen LogP contribution is -2.01. The van der Waals surface area contributed by atoms with Crippen molar-refractivity contribution in [2.45, 2.75) is 26.7 Å². The first-order valence-corrected chi connectivity index (χ1v) is 7.64. The van der Waals surface area contributed by atoms with E-state index < -0.39 is 0 Å². The van der Waals surface area contributed by atoms with Crippen molar-refractivity contribution in [1.29, 1.82) is 5.41 Å². The SMILES string of the molecule is CCCC(=N)c1cc(C)nc2cc(-c3cc[c]cc3)ccc12. The Balaban J connectivity index is 2.15. The monoisotopic (exact) mass is 287 g/mol. The predicted octanol–water partition coefficient (Wildman–Crippen LogP) is 5.18. The van der Waals surface area contributed by atoms with E-state index in [1.54, 1.807) is 0 Å². The van der Waals surface area contributed by atoms with Crippen LogP contribution in [0.2, 0.25) is 0 Å². The average Bonchev–Trinajstić information content (AvgIpc) is 2.54. The van der Waals surface area contributed by atoms with Gasteiger partial charge >= 0.3 is 0 Å². The Labute approximate surface area is 131 Å². The first-order valence-electron chi connectivity index (χ1n) is 7.64.